The van der Waals surface area contributed by atoms with Crippen LogP contribution in [0, 0.1) is 5.41 Å². The van der Waals surface area contributed by atoms with E-state index in [1.807, 2.05) is 20.8 Å². The van der Waals surface area contributed by atoms with E-state index in [1.165, 1.54) is 0 Å². The number of rotatable bonds is 1. The number of hydrogen-bond acceptors (Lipinski definition) is 2. The minimum atomic E-state index is -0.831. The maximum Gasteiger partial charge on any atom is 0.149 e. The van der Waals surface area contributed by atoms with Crippen molar-refractivity contribution >= 4 is 6.29 Å². The van der Waals surface area contributed by atoms with E-state index in [1.54, 1.807) is 0 Å². The second kappa shape index (κ2) is 2.27. The summed E-state index contributed by atoms with van der Waals surface area (Å²) in [5.41, 5.74) is -0.304. The summed E-state index contributed by atoms with van der Waals surface area (Å²) >= 11 is 0. The van der Waals surface area contributed by atoms with Gasteiger partial charge in [0, 0.05) is 0 Å². The molecule has 0 bridgehead atoms. The van der Waals surface area contributed by atoms with E-state index in [0.717, 1.165) is 0 Å². The van der Waals surface area contributed by atoms with E-state index in [-0.39, 0.29) is 5.41 Å². The van der Waals surface area contributed by atoms with Gasteiger partial charge in [-0.1, -0.05) is 20.8 Å². The molecule has 0 heterocycles. The highest BCUT2D eigenvalue weighted by molar-refractivity contribution is 5.56. The van der Waals surface area contributed by atoms with E-state index < -0.39 is 6.10 Å². The van der Waals surface area contributed by atoms with Crippen molar-refractivity contribution in [2.45, 2.75) is 26.9 Å². The average Bonchev–Trinajstić information content (AvgIpc) is 1.62. The maximum atomic E-state index is 9.90. The van der Waals surface area contributed by atoms with E-state index in [9.17, 15) is 4.79 Å². The number of aliphatic hydroxyl groups is 1. The van der Waals surface area contributed by atoms with Gasteiger partial charge in [0.2, 0.25) is 0 Å². The van der Waals surface area contributed by atoms with E-state index >= 15 is 0 Å². The second-order valence-corrected chi connectivity index (χ2v) is 2.95. The molecule has 8 heavy (non-hydrogen) atoms. The molecule has 2 heteroatoms. The summed E-state index contributed by atoms with van der Waals surface area (Å²) in [6, 6.07) is 0. The Bertz CT molecular complexity index is 81.0. The minimum absolute atomic E-state index is 0.304. The molecule has 0 saturated heterocycles. The van der Waals surface area contributed by atoms with Gasteiger partial charge in [-0.2, -0.15) is 0 Å². The molecule has 0 aromatic carbocycles. The largest absolute Gasteiger partial charge is 0.385 e. The van der Waals surface area contributed by atoms with Crippen molar-refractivity contribution in [3.05, 3.63) is 0 Å². The number of carbonyl (C=O) groups excluding carboxylic acids is 1. The predicted octanol–water partition coefficient (Wildman–Crippen LogP) is 0.592. The Morgan fingerprint density at radius 3 is 1.88 bits per heavy atom. The van der Waals surface area contributed by atoms with Crippen molar-refractivity contribution in [2.24, 2.45) is 5.41 Å². The lowest BCUT2D eigenvalue weighted by Gasteiger charge is -2.19. The van der Waals surface area contributed by atoms with Crippen molar-refractivity contribution in [3.63, 3.8) is 0 Å². The molecule has 0 radical (unpaired) electrons. The Morgan fingerprint density at radius 1 is 1.50 bits per heavy atom. The highest BCUT2D eigenvalue weighted by Crippen LogP contribution is 2.16. The van der Waals surface area contributed by atoms with Crippen LogP contribution < -0.4 is 0 Å². The molecule has 1 atom stereocenters. The van der Waals surface area contributed by atoms with Crippen LogP contribution in [0.2, 0.25) is 0 Å². The lowest BCUT2D eigenvalue weighted by Crippen LogP contribution is -2.26. The Kier molecular flexibility index (Phi) is 2.16. The Hall–Kier alpha value is -0.370. The number of aldehydes is 1. The third-order valence-corrected chi connectivity index (χ3v) is 1.02. The summed E-state index contributed by atoms with van der Waals surface area (Å²) in [7, 11) is 0. The first-order valence-corrected chi connectivity index (χ1v) is 2.62. The third-order valence-electron chi connectivity index (χ3n) is 1.02. The van der Waals surface area contributed by atoms with Crippen molar-refractivity contribution < 1.29 is 9.90 Å². The molecule has 0 aromatic heterocycles. The maximum absolute atomic E-state index is 9.90. The normalized spacial score (nSPS) is 15.5. The molecule has 0 amide bonds. The lowest BCUT2D eigenvalue weighted by molar-refractivity contribution is -0.119. The van der Waals surface area contributed by atoms with Crippen LogP contribution in [0.1, 0.15) is 20.8 Å². The first kappa shape index (κ1) is 7.63. The minimum Gasteiger partial charge on any atom is -0.385 e. The van der Waals surface area contributed by atoms with Crippen LogP contribution in [0.15, 0.2) is 0 Å². The lowest BCUT2D eigenvalue weighted by atomic mass is 9.90. The first-order valence-electron chi connectivity index (χ1n) is 2.62. The monoisotopic (exact) mass is 116 g/mol. The molecule has 0 saturated carbocycles. The SMILES string of the molecule is CC(C)(C)C(O)C=O. The van der Waals surface area contributed by atoms with Gasteiger partial charge >= 0.3 is 0 Å². The van der Waals surface area contributed by atoms with E-state index in [4.69, 9.17) is 5.11 Å². The molecule has 0 aliphatic carbocycles. The van der Waals surface area contributed by atoms with Crippen molar-refractivity contribution in [1.29, 1.82) is 0 Å². The fourth-order valence-corrected chi connectivity index (χ4v) is 0.204. The van der Waals surface area contributed by atoms with Crippen LogP contribution in [0.3, 0.4) is 0 Å². The molecule has 0 aliphatic rings. The van der Waals surface area contributed by atoms with Crippen LogP contribution in [0.5, 0.6) is 0 Å². The molecule has 1 unspecified atom stereocenters. The zero-order chi connectivity index (χ0) is 6.78. The molecule has 1 N–H and O–H groups in total. The van der Waals surface area contributed by atoms with Gasteiger partial charge in [0.1, 0.15) is 12.4 Å². The number of aliphatic hydroxyl groups excluding tert-OH is 1. The summed E-state index contributed by atoms with van der Waals surface area (Å²) in [5.74, 6) is 0. The zero-order valence-electron chi connectivity index (χ0n) is 5.51. The second-order valence-electron chi connectivity index (χ2n) is 2.95. The van der Waals surface area contributed by atoms with Gasteiger partial charge in [-0.25, -0.2) is 0 Å². The standard InChI is InChI=1S/C6H12O2/c1-6(2,3)5(8)4-7/h4-5,8H,1-3H3. The van der Waals surface area contributed by atoms with Gasteiger partial charge in [0.05, 0.1) is 0 Å². The molecule has 48 valence electrons. The average molecular weight is 116 g/mol. The molecule has 0 aliphatic heterocycles. The topological polar surface area (TPSA) is 37.3 Å². The van der Waals surface area contributed by atoms with Crippen molar-refractivity contribution in [1.82, 2.24) is 0 Å². The van der Waals surface area contributed by atoms with Gasteiger partial charge in [0.15, 0.2) is 0 Å². The quantitative estimate of drug-likeness (QED) is 0.509. The molecule has 0 spiro atoms. The van der Waals surface area contributed by atoms with Crippen LogP contribution >= 0.6 is 0 Å². The van der Waals surface area contributed by atoms with Gasteiger partial charge in [-0.15, -0.1) is 0 Å². The highest BCUT2D eigenvalue weighted by atomic mass is 16.3. The van der Waals surface area contributed by atoms with Crippen LogP contribution in [-0.4, -0.2) is 17.5 Å². The van der Waals surface area contributed by atoms with Gasteiger partial charge in [0.25, 0.3) is 0 Å². The fourth-order valence-electron chi connectivity index (χ4n) is 0.204. The smallest absolute Gasteiger partial charge is 0.149 e. The molecule has 0 fully saturated rings. The van der Waals surface area contributed by atoms with Crippen molar-refractivity contribution in [3.8, 4) is 0 Å². The molecular formula is C6H12O2. The summed E-state index contributed by atoms with van der Waals surface area (Å²) in [5, 5.41) is 8.83. The number of hydrogen-bond donors (Lipinski definition) is 1. The fraction of sp³-hybridized carbons (Fsp3) is 0.833. The Labute approximate surface area is 49.5 Å². The summed E-state index contributed by atoms with van der Waals surface area (Å²) in [6.07, 6.45) is -0.275. The highest BCUT2D eigenvalue weighted by Gasteiger charge is 2.20. The van der Waals surface area contributed by atoms with Crippen LogP contribution in [-0.2, 0) is 4.79 Å². The molecule has 2 nitrogen and oxygen atoms in total. The third kappa shape index (κ3) is 2.07. The summed E-state index contributed by atoms with van der Waals surface area (Å²) < 4.78 is 0. The van der Waals surface area contributed by atoms with Gasteiger partial charge in [-0.3, -0.25) is 0 Å². The number of carbonyl (C=O) groups is 1. The molecule has 0 rings (SSSR count). The molecular weight excluding hydrogens is 104 g/mol. The first-order chi connectivity index (χ1) is 3.48. The van der Waals surface area contributed by atoms with Crippen LogP contribution in [0.4, 0.5) is 0 Å². The Morgan fingerprint density at radius 2 is 1.88 bits per heavy atom. The zero-order valence-corrected chi connectivity index (χ0v) is 5.51. The van der Waals surface area contributed by atoms with Gasteiger partial charge < -0.3 is 9.90 Å². The Balaban J connectivity index is 3.80. The van der Waals surface area contributed by atoms with Gasteiger partial charge in [-0.05, 0) is 5.41 Å². The van der Waals surface area contributed by atoms with Crippen LogP contribution in [0.25, 0.3) is 0 Å². The van der Waals surface area contributed by atoms with E-state index in [0.29, 0.717) is 6.29 Å². The summed E-state index contributed by atoms with van der Waals surface area (Å²) in [4.78, 5) is 9.90. The predicted molar refractivity (Wildman–Crippen MR) is 31.5 cm³/mol. The van der Waals surface area contributed by atoms with Crippen molar-refractivity contribution in [2.75, 3.05) is 0 Å². The molecule has 0 aromatic rings. The summed E-state index contributed by atoms with van der Waals surface area (Å²) in [6.45, 7) is 5.43. The van der Waals surface area contributed by atoms with E-state index in [2.05, 4.69) is 0 Å².